The number of carbonyl (C=O) groups is 1. The Kier molecular flexibility index (Phi) is 9.72. The Hall–Kier alpha value is -3.97. The largest absolute Gasteiger partial charge is 0.492 e. The van der Waals surface area contributed by atoms with Crippen LogP contribution in [0.2, 0.25) is 0 Å². The van der Waals surface area contributed by atoms with Gasteiger partial charge in [0, 0.05) is 6.54 Å². The van der Waals surface area contributed by atoms with Gasteiger partial charge >= 0.3 is 5.97 Å². The highest BCUT2D eigenvalue weighted by Crippen LogP contribution is 2.40. The van der Waals surface area contributed by atoms with E-state index in [1.54, 1.807) is 0 Å². The SMILES string of the molecule is CCNCCOc1ccc(C(=C(CC)c2ccc3c(c2)OCO3)c2ccc(OCOC(=O)C(C)(C)C)cc2)cc1. The molecule has 3 aromatic carbocycles. The molecule has 212 valence electrons. The van der Waals surface area contributed by atoms with E-state index >= 15 is 0 Å². The molecule has 0 bridgehead atoms. The number of nitrogens with one attached hydrogen (secondary N) is 1. The zero-order chi connectivity index (χ0) is 28.5. The van der Waals surface area contributed by atoms with Crippen LogP contribution in [0.4, 0.5) is 0 Å². The molecule has 3 aromatic rings. The lowest BCUT2D eigenvalue weighted by Crippen LogP contribution is -2.24. The first-order valence-electron chi connectivity index (χ1n) is 13.8. The molecule has 0 aromatic heterocycles. The van der Waals surface area contributed by atoms with Crippen molar-refractivity contribution in [2.45, 2.75) is 41.0 Å². The molecule has 0 aliphatic carbocycles. The van der Waals surface area contributed by atoms with Crippen LogP contribution in [0.1, 0.15) is 57.7 Å². The number of hydrogen-bond acceptors (Lipinski definition) is 7. The van der Waals surface area contributed by atoms with E-state index in [0.717, 1.165) is 59.0 Å². The molecule has 0 amide bonds. The van der Waals surface area contributed by atoms with Crippen LogP contribution in [-0.2, 0) is 9.53 Å². The first-order chi connectivity index (χ1) is 19.3. The average Bonchev–Trinajstić information content (AvgIpc) is 3.42. The highest BCUT2D eigenvalue weighted by atomic mass is 16.7. The molecule has 7 nitrogen and oxygen atoms in total. The van der Waals surface area contributed by atoms with Crippen LogP contribution in [0.3, 0.4) is 0 Å². The van der Waals surface area contributed by atoms with Crippen molar-refractivity contribution in [3.05, 3.63) is 83.4 Å². The molecule has 1 aliphatic heterocycles. The van der Waals surface area contributed by atoms with Gasteiger partial charge in [-0.2, -0.15) is 0 Å². The van der Waals surface area contributed by atoms with E-state index in [4.69, 9.17) is 23.7 Å². The van der Waals surface area contributed by atoms with Gasteiger partial charge in [0.2, 0.25) is 13.6 Å². The Morgan fingerprint density at radius 1 is 0.825 bits per heavy atom. The predicted octanol–water partition coefficient (Wildman–Crippen LogP) is 6.70. The fourth-order valence-electron chi connectivity index (χ4n) is 4.35. The van der Waals surface area contributed by atoms with Crippen LogP contribution >= 0.6 is 0 Å². The van der Waals surface area contributed by atoms with Crippen LogP contribution in [0.5, 0.6) is 23.0 Å². The maximum absolute atomic E-state index is 12.0. The molecule has 0 radical (unpaired) electrons. The smallest absolute Gasteiger partial charge is 0.314 e. The van der Waals surface area contributed by atoms with Gasteiger partial charge in [0.15, 0.2) is 11.5 Å². The van der Waals surface area contributed by atoms with Crippen molar-refractivity contribution in [2.75, 3.05) is 33.3 Å². The third-order valence-corrected chi connectivity index (χ3v) is 6.49. The third-order valence-electron chi connectivity index (χ3n) is 6.49. The van der Waals surface area contributed by atoms with Crippen molar-refractivity contribution >= 4 is 17.1 Å². The zero-order valence-electron chi connectivity index (χ0n) is 24.0. The summed E-state index contributed by atoms with van der Waals surface area (Å²) in [5.41, 5.74) is 4.88. The summed E-state index contributed by atoms with van der Waals surface area (Å²) < 4.78 is 28.0. The second-order valence-corrected chi connectivity index (χ2v) is 10.5. The maximum atomic E-state index is 12.0. The normalized spacial score (nSPS) is 13.0. The predicted molar refractivity (Wildman–Crippen MR) is 157 cm³/mol. The molecule has 1 heterocycles. The quantitative estimate of drug-likeness (QED) is 0.117. The maximum Gasteiger partial charge on any atom is 0.314 e. The van der Waals surface area contributed by atoms with Crippen LogP contribution in [0.25, 0.3) is 11.1 Å². The van der Waals surface area contributed by atoms with E-state index in [1.807, 2.05) is 69.3 Å². The first kappa shape index (κ1) is 29.0. The van der Waals surface area contributed by atoms with Crippen molar-refractivity contribution in [1.29, 1.82) is 0 Å². The molecule has 0 unspecified atom stereocenters. The summed E-state index contributed by atoms with van der Waals surface area (Å²) >= 11 is 0. The topological polar surface area (TPSA) is 75.2 Å². The van der Waals surface area contributed by atoms with Gasteiger partial charge in [-0.25, -0.2) is 0 Å². The molecule has 0 saturated carbocycles. The number of ether oxygens (including phenoxy) is 5. The minimum absolute atomic E-state index is 0.134. The van der Waals surface area contributed by atoms with E-state index in [0.29, 0.717) is 12.4 Å². The molecule has 4 rings (SSSR count). The lowest BCUT2D eigenvalue weighted by Gasteiger charge is -2.18. The summed E-state index contributed by atoms with van der Waals surface area (Å²) in [7, 11) is 0. The summed E-state index contributed by atoms with van der Waals surface area (Å²) in [4.78, 5) is 12.0. The highest BCUT2D eigenvalue weighted by molar-refractivity contribution is 5.99. The average molecular weight is 546 g/mol. The van der Waals surface area contributed by atoms with Gasteiger partial charge in [-0.3, -0.25) is 4.79 Å². The number of benzene rings is 3. The Labute approximate surface area is 237 Å². The molecule has 40 heavy (non-hydrogen) atoms. The number of carbonyl (C=O) groups excluding carboxylic acids is 1. The van der Waals surface area contributed by atoms with Gasteiger partial charge < -0.3 is 29.0 Å². The zero-order valence-corrected chi connectivity index (χ0v) is 24.0. The van der Waals surface area contributed by atoms with Crippen molar-refractivity contribution in [3.63, 3.8) is 0 Å². The number of likely N-dealkylation sites (N-methyl/N-ethyl adjacent to an activating group) is 1. The minimum Gasteiger partial charge on any atom is -0.492 e. The standard InChI is InChI=1S/C33H39NO6/c1-6-28(25-12-17-29-30(20-25)39-22-38-29)31(23-8-13-26(14-9-23)36-19-18-34-7-2)24-10-15-27(16-11-24)37-21-40-32(35)33(3,4)5/h8-17,20,34H,6-7,18-19,21-22H2,1-5H3. The minimum atomic E-state index is -0.578. The van der Waals surface area contributed by atoms with Gasteiger partial charge in [-0.05, 0) is 98.0 Å². The lowest BCUT2D eigenvalue weighted by molar-refractivity contribution is -0.159. The Morgan fingerprint density at radius 2 is 1.43 bits per heavy atom. The summed E-state index contributed by atoms with van der Waals surface area (Å²) in [6.07, 6.45) is 0.803. The number of esters is 1. The van der Waals surface area contributed by atoms with Crippen molar-refractivity contribution in [1.82, 2.24) is 5.32 Å². The van der Waals surface area contributed by atoms with Crippen molar-refractivity contribution in [2.24, 2.45) is 5.41 Å². The number of hydrogen-bond donors (Lipinski definition) is 1. The molecule has 0 fully saturated rings. The monoisotopic (exact) mass is 545 g/mol. The lowest BCUT2D eigenvalue weighted by atomic mass is 9.88. The Bertz CT molecular complexity index is 1310. The van der Waals surface area contributed by atoms with E-state index < -0.39 is 5.41 Å². The van der Waals surface area contributed by atoms with Gasteiger partial charge in [0.05, 0.1) is 5.41 Å². The Morgan fingerprint density at radius 3 is 2.02 bits per heavy atom. The first-order valence-corrected chi connectivity index (χ1v) is 13.8. The summed E-state index contributed by atoms with van der Waals surface area (Å²) in [5, 5.41) is 3.27. The summed E-state index contributed by atoms with van der Waals surface area (Å²) in [6.45, 7) is 12.1. The van der Waals surface area contributed by atoms with Crippen LogP contribution in [0, 0.1) is 5.41 Å². The molecule has 1 aliphatic rings. The van der Waals surface area contributed by atoms with Gasteiger partial charge in [-0.15, -0.1) is 0 Å². The number of allylic oxidation sites excluding steroid dienone is 1. The Balaban J connectivity index is 1.63. The summed E-state index contributed by atoms with van der Waals surface area (Å²) in [5.74, 6) is 2.65. The number of fused-ring (bicyclic) bond motifs is 1. The van der Waals surface area contributed by atoms with Crippen LogP contribution in [-0.4, -0.2) is 39.3 Å². The molecule has 0 saturated heterocycles. The van der Waals surface area contributed by atoms with Crippen molar-refractivity contribution < 1.29 is 28.5 Å². The van der Waals surface area contributed by atoms with Crippen LogP contribution in [0.15, 0.2) is 66.7 Å². The third kappa shape index (κ3) is 7.36. The molecular formula is C33H39NO6. The molecule has 0 spiro atoms. The molecule has 1 N–H and O–H groups in total. The van der Waals surface area contributed by atoms with E-state index in [2.05, 4.69) is 37.4 Å². The fourth-order valence-corrected chi connectivity index (χ4v) is 4.35. The van der Waals surface area contributed by atoms with Crippen molar-refractivity contribution in [3.8, 4) is 23.0 Å². The molecular weight excluding hydrogens is 506 g/mol. The fraction of sp³-hybridized carbons (Fsp3) is 0.364. The summed E-state index contributed by atoms with van der Waals surface area (Å²) in [6, 6.07) is 22.1. The van der Waals surface area contributed by atoms with E-state index in [1.165, 1.54) is 5.57 Å². The van der Waals surface area contributed by atoms with E-state index in [9.17, 15) is 4.79 Å². The second-order valence-electron chi connectivity index (χ2n) is 10.5. The van der Waals surface area contributed by atoms with Gasteiger partial charge in [0.1, 0.15) is 18.1 Å². The van der Waals surface area contributed by atoms with Crippen LogP contribution < -0.4 is 24.3 Å². The van der Waals surface area contributed by atoms with Gasteiger partial charge in [-0.1, -0.05) is 44.2 Å². The number of rotatable bonds is 12. The second kappa shape index (κ2) is 13.4. The van der Waals surface area contributed by atoms with Gasteiger partial charge in [0.25, 0.3) is 0 Å². The van der Waals surface area contributed by atoms with E-state index in [-0.39, 0.29) is 19.6 Å². The highest BCUT2D eigenvalue weighted by Gasteiger charge is 2.23. The molecule has 0 atom stereocenters. The molecule has 7 heteroatoms.